The molecule has 2 unspecified atom stereocenters. The van der Waals surface area contributed by atoms with E-state index in [2.05, 4.69) is 76.2 Å². The van der Waals surface area contributed by atoms with Crippen LogP contribution in [0.1, 0.15) is 50.4 Å². The summed E-state index contributed by atoms with van der Waals surface area (Å²) in [7, 11) is 0. The van der Waals surface area contributed by atoms with E-state index in [1.54, 1.807) is 0 Å². The lowest BCUT2D eigenvalue weighted by Gasteiger charge is -2.21. The van der Waals surface area contributed by atoms with Gasteiger partial charge in [0.2, 0.25) is 0 Å². The monoisotopic (exact) mass is 303 g/mol. The van der Waals surface area contributed by atoms with Crippen LogP contribution in [0.5, 0.6) is 0 Å². The first-order valence-electron chi connectivity index (χ1n) is 8.30. The number of benzene rings is 2. The van der Waals surface area contributed by atoms with Crippen molar-refractivity contribution < 1.29 is 0 Å². The Hall–Kier alpha value is -2.12. The molecule has 0 fully saturated rings. The number of hydrogen-bond acceptors (Lipinski definition) is 1. The molecule has 2 atom stereocenters. The summed E-state index contributed by atoms with van der Waals surface area (Å²) in [5.74, 6) is 0.458. The van der Waals surface area contributed by atoms with Crippen molar-refractivity contribution in [3.8, 4) is 0 Å². The van der Waals surface area contributed by atoms with Gasteiger partial charge >= 0.3 is 0 Å². The molecule has 0 radical (unpaired) electrons. The SMILES string of the molecule is CC1=C(C)C(C)C(c2ccccc2C(N)c2ccccc2)=C1C. The Morgan fingerprint density at radius 3 is 2.04 bits per heavy atom. The molecular formula is C22H25N. The maximum Gasteiger partial charge on any atom is 0.0557 e. The van der Waals surface area contributed by atoms with Gasteiger partial charge in [0.05, 0.1) is 6.04 Å². The number of allylic oxidation sites excluding steroid dienone is 4. The third-order valence-corrected chi connectivity index (χ3v) is 5.39. The quantitative estimate of drug-likeness (QED) is 0.796. The lowest BCUT2D eigenvalue weighted by molar-refractivity contribution is 0.851. The van der Waals surface area contributed by atoms with Crippen molar-refractivity contribution in [2.24, 2.45) is 11.7 Å². The Morgan fingerprint density at radius 2 is 1.43 bits per heavy atom. The van der Waals surface area contributed by atoms with E-state index in [4.69, 9.17) is 5.73 Å². The van der Waals surface area contributed by atoms with Crippen LogP contribution in [0.3, 0.4) is 0 Å². The fourth-order valence-electron chi connectivity index (χ4n) is 3.65. The zero-order valence-corrected chi connectivity index (χ0v) is 14.4. The van der Waals surface area contributed by atoms with E-state index in [0.29, 0.717) is 5.92 Å². The van der Waals surface area contributed by atoms with Crippen molar-refractivity contribution >= 4 is 5.57 Å². The van der Waals surface area contributed by atoms with E-state index in [1.807, 2.05) is 6.07 Å². The number of rotatable bonds is 3. The molecule has 2 aromatic carbocycles. The third-order valence-electron chi connectivity index (χ3n) is 5.39. The first-order valence-corrected chi connectivity index (χ1v) is 8.30. The van der Waals surface area contributed by atoms with Crippen LogP contribution >= 0.6 is 0 Å². The van der Waals surface area contributed by atoms with Gasteiger partial charge in [0.1, 0.15) is 0 Å². The summed E-state index contributed by atoms with van der Waals surface area (Å²) in [4.78, 5) is 0. The maximum absolute atomic E-state index is 6.61. The van der Waals surface area contributed by atoms with Crippen molar-refractivity contribution in [3.63, 3.8) is 0 Å². The van der Waals surface area contributed by atoms with Gasteiger partial charge in [0, 0.05) is 5.92 Å². The van der Waals surface area contributed by atoms with Gasteiger partial charge in [0.25, 0.3) is 0 Å². The zero-order chi connectivity index (χ0) is 16.6. The van der Waals surface area contributed by atoms with Crippen LogP contribution < -0.4 is 5.73 Å². The minimum atomic E-state index is -0.0962. The van der Waals surface area contributed by atoms with Crippen LogP contribution in [0.2, 0.25) is 0 Å². The molecule has 1 nitrogen and oxygen atoms in total. The molecule has 0 saturated carbocycles. The van der Waals surface area contributed by atoms with Gasteiger partial charge in [-0.3, -0.25) is 0 Å². The summed E-state index contributed by atoms with van der Waals surface area (Å²) in [5, 5.41) is 0. The summed E-state index contributed by atoms with van der Waals surface area (Å²) in [6, 6.07) is 18.8. The molecule has 0 bridgehead atoms. The van der Waals surface area contributed by atoms with E-state index >= 15 is 0 Å². The van der Waals surface area contributed by atoms with Gasteiger partial charge in [-0.05, 0) is 54.2 Å². The molecule has 2 N–H and O–H groups in total. The van der Waals surface area contributed by atoms with Gasteiger partial charge in [-0.15, -0.1) is 0 Å². The standard InChI is InChI=1S/C22H25N/c1-14-15(2)17(4)21(16(14)3)19-12-8-9-13-20(19)22(23)18-10-6-5-7-11-18/h5-13,16,22H,23H2,1-4H3. The van der Waals surface area contributed by atoms with Crippen LogP contribution in [-0.4, -0.2) is 0 Å². The van der Waals surface area contributed by atoms with Crippen LogP contribution in [0.4, 0.5) is 0 Å². The molecule has 0 aromatic heterocycles. The largest absolute Gasteiger partial charge is 0.320 e. The Balaban J connectivity index is 2.10. The summed E-state index contributed by atoms with van der Waals surface area (Å²) in [5.41, 5.74) is 16.0. The third kappa shape index (κ3) is 2.66. The molecule has 1 aliphatic carbocycles. The van der Waals surface area contributed by atoms with E-state index in [-0.39, 0.29) is 6.04 Å². The summed E-state index contributed by atoms with van der Waals surface area (Å²) < 4.78 is 0. The molecule has 0 saturated heterocycles. The highest BCUT2D eigenvalue weighted by atomic mass is 14.6. The molecule has 1 aliphatic rings. The fraction of sp³-hybridized carbons (Fsp3) is 0.273. The summed E-state index contributed by atoms with van der Waals surface area (Å²) in [6.07, 6.45) is 0. The van der Waals surface area contributed by atoms with Gasteiger partial charge in [0.15, 0.2) is 0 Å². The zero-order valence-electron chi connectivity index (χ0n) is 14.4. The predicted molar refractivity (Wildman–Crippen MR) is 99.0 cm³/mol. The van der Waals surface area contributed by atoms with Gasteiger partial charge in [-0.1, -0.05) is 67.1 Å². The van der Waals surface area contributed by atoms with Crippen LogP contribution in [0, 0.1) is 5.92 Å². The highest BCUT2D eigenvalue weighted by Crippen LogP contribution is 2.44. The van der Waals surface area contributed by atoms with Crippen molar-refractivity contribution in [3.05, 3.63) is 88.0 Å². The minimum absolute atomic E-state index is 0.0962. The Morgan fingerprint density at radius 1 is 0.826 bits per heavy atom. The fourth-order valence-corrected chi connectivity index (χ4v) is 3.65. The minimum Gasteiger partial charge on any atom is -0.320 e. The molecule has 0 aliphatic heterocycles. The topological polar surface area (TPSA) is 26.0 Å². The van der Waals surface area contributed by atoms with Crippen molar-refractivity contribution in [1.82, 2.24) is 0 Å². The van der Waals surface area contributed by atoms with Crippen molar-refractivity contribution in [2.75, 3.05) is 0 Å². The van der Waals surface area contributed by atoms with Gasteiger partial charge in [-0.2, -0.15) is 0 Å². The molecule has 0 amide bonds. The Labute approximate surface area is 139 Å². The Bertz CT molecular complexity index is 781. The highest BCUT2D eigenvalue weighted by molar-refractivity contribution is 5.81. The smallest absolute Gasteiger partial charge is 0.0557 e. The molecule has 0 heterocycles. The van der Waals surface area contributed by atoms with Crippen LogP contribution in [0.25, 0.3) is 5.57 Å². The highest BCUT2D eigenvalue weighted by Gasteiger charge is 2.27. The average molecular weight is 303 g/mol. The normalized spacial score (nSPS) is 19.4. The molecule has 2 aromatic rings. The van der Waals surface area contributed by atoms with E-state index in [9.17, 15) is 0 Å². The second-order valence-corrected chi connectivity index (χ2v) is 6.54. The summed E-state index contributed by atoms with van der Waals surface area (Å²) >= 11 is 0. The van der Waals surface area contributed by atoms with Gasteiger partial charge < -0.3 is 5.73 Å². The lowest BCUT2D eigenvalue weighted by Crippen LogP contribution is -2.14. The molecule has 0 spiro atoms. The molecule has 3 rings (SSSR count). The second kappa shape index (κ2) is 6.17. The average Bonchev–Trinajstić information content (AvgIpc) is 2.78. The number of nitrogens with two attached hydrogens (primary N) is 1. The first kappa shape index (κ1) is 15.8. The van der Waals surface area contributed by atoms with Crippen molar-refractivity contribution in [2.45, 2.75) is 33.7 Å². The van der Waals surface area contributed by atoms with E-state index < -0.39 is 0 Å². The summed E-state index contributed by atoms with van der Waals surface area (Å²) in [6.45, 7) is 9.02. The lowest BCUT2D eigenvalue weighted by atomic mass is 9.85. The molecular weight excluding hydrogens is 278 g/mol. The Kier molecular flexibility index (Phi) is 4.23. The predicted octanol–water partition coefficient (Wildman–Crippen LogP) is 5.49. The van der Waals surface area contributed by atoms with Crippen LogP contribution in [-0.2, 0) is 0 Å². The van der Waals surface area contributed by atoms with Gasteiger partial charge in [-0.25, -0.2) is 0 Å². The molecule has 23 heavy (non-hydrogen) atoms. The van der Waals surface area contributed by atoms with Crippen LogP contribution in [0.15, 0.2) is 71.3 Å². The van der Waals surface area contributed by atoms with E-state index in [0.717, 1.165) is 5.56 Å². The van der Waals surface area contributed by atoms with E-state index in [1.165, 1.54) is 33.4 Å². The first-order chi connectivity index (χ1) is 11.0. The van der Waals surface area contributed by atoms with Crippen molar-refractivity contribution in [1.29, 1.82) is 0 Å². The second-order valence-electron chi connectivity index (χ2n) is 6.54. The molecule has 118 valence electrons. The molecule has 1 heteroatoms. The maximum atomic E-state index is 6.61. The number of hydrogen-bond donors (Lipinski definition) is 1.